The van der Waals surface area contributed by atoms with Crippen LogP contribution >= 0.6 is 0 Å². The molecular weight excluding hydrogens is 430 g/mol. The normalized spacial score (nSPS) is 33.2. The van der Waals surface area contributed by atoms with Crippen LogP contribution in [-0.2, 0) is 30.9 Å². The molecule has 9 heteroatoms. The number of benzene rings is 1. The van der Waals surface area contributed by atoms with Gasteiger partial charge < -0.3 is 34.1 Å². The molecule has 6 atom stereocenters. The maximum atomic E-state index is 12.7. The van der Waals surface area contributed by atoms with Crippen LogP contribution in [0.15, 0.2) is 24.0 Å². The Hall–Kier alpha value is -2.62. The molecule has 4 aliphatic rings. The van der Waals surface area contributed by atoms with Crippen LogP contribution in [0.5, 0.6) is 11.5 Å². The highest BCUT2D eigenvalue weighted by atomic mass is 16.6. The number of piperidine rings is 1. The Morgan fingerprint density at radius 1 is 1.27 bits per heavy atom. The molecule has 0 saturated carbocycles. The van der Waals surface area contributed by atoms with E-state index in [2.05, 4.69) is 4.90 Å². The zero-order valence-electron chi connectivity index (χ0n) is 19.2. The van der Waals surface area contributed by atoms with E-state index in [0.717, 1.165) is 17.7 Å². The van der Waals surface area contributed by atoms with Gasteiger partial charge in [0.25, 0.3) is 0 Å². The minimum Gasteiger partial charge on any atom is -0.493 e. The second-order valence-electron chi connectivity index (χ2n) is 9.46. The molecule has 2 bridgehead atoms. The molecule has 178 valence electrons. The Morgan fingerprint density at radius 3 is 2.73 bits per heavy atom. The third kappa shape index (κ3) is 2.88. The molecule has 1 saturated heterocycles. The molecule has 2 N–H and O–H groups in total. The van der Waals surface area contributed by atoms with Gasteiger partial charge in [-0.3, -0.25) is 0 Å². The van der Waals surface area contributed by atoms with Gasteiger partial charge in [0, 0.05) is 18.0 Å². The number of likely N-dealkylation sites (tertiary alicyclic amines) is 1. The number of aliphatic hydroxyl groups is 2. The van der Waals surface area contributed by atoms with Crippen molar-refractivity contribution in [3.8, 4) is 11.5 Å². The summed E-state index contributed by atoms with van der Waals surface area (Å²) in [6.45, 7) is 3.41. The van der Waals surface area contributed by atoms with E-state index in [0.29, 0.717) is 36.5 Å². The molecule has 0 aromatic heterocycles. The number of hydrogen-bond donors (Lipinski definition) is 2. The Balaban J connectivity index is 1.54. The molecule has 2 heterocycles. The predicted molar refractivity (Wildman–Crippen MR) is 115 cm³/mol. The number of rotatable bonds is 5. The van der Waals surface area contributed by atoms with E-state index in [-0.39, 0.29) is 6.04 Å². The standard InChI is InChI=1S/C24H29NO8/c1-12(26)21(27)31-13(2)22(28)32-16-7-8-24(29)17-11-14-5-6-15(30-4)19-18(14)23(24,20(16)33-19)9-10-25(17)3/h5-7,12-13,17,20,26,29H,8-11H2,1-4H3/t12-,13-,17+,20-,23-,24+/m0/s1. The molecule has 2 aliphatic heterocycles. The summed E-state index contributed by atoms with van der Waals surface area (Å²) in [6, 6.07) is 3.79. The summed E-state index contributed by atoms with van der Waals surface area (Å²) in [7, 11) is 3.59. The lowest BCUT2D eigenvalue weighted by Gasteiger charge is -2.61. The van der Waals surface area contributed by atoms with Crippen molar-refractivity contribution < 1.29 is 38.7 Å². The minimum absolute atomic E-state index is 0.108. The van der Waals surface area contributed by atoms with Crippen LogP contribution in [0, 0.1) is 0 Å². The average molecular weight is 459 g/mol. The number of ether oxygens (including phenoxy) is 4. The third-order valence-corrected chi connectivity index (χ3v) is 7.74. The molecule has 0 unspecified atom stereocenters. The van der Waals surface area contributed by atoms with Crippen molar-refractivity contribution in [1.82, 2.24) is 4.90 Å². The van der Waals surface area contributed by atoms with Crippen LogP contribution in [-0.4, -0.2) is 77.7 Å². The summed E-state index contributed by atoms with van der Waals surface area (Å²) in [6.07, 6.45) is 0.0303. The van der Waals surface area contributed by atoms with Gasteiger partial charge in [-0.25, -0.2) is 9.59 Å². The highest BCUT2D eigenvalue weighted by Gasteiger charge is 2.72. The summed E-state index contributed by atoms with van der Waals surface area (Å²) in [5.74, 6) is -0.237. The summed E-state index contributed by atoms with van der Waals surface area (Å²) in [5.41, 5.74) is 0.149. The van der Waals surface area contributed by atoms with E-state index in [1.165, 1.54) is 13.8 Å². The highest BCUT2D eigenvalue weighted by Crippen LogP contribution is 2.65. The number of carbonyl (C=O) groups is 2. The second-order valence-corrected chi connectivity index (χ2v) is 9.46. The molecule has 2 aliphatic carbocycles. The number of nitrogens with zero attached hydrogens (tertiary/aromatic N) is 1. The number of esters is 2. The van der Waals surface area contributed by atoms with E-state index in [1.54, 1.807) is 13.2 Å². The number of carbonyl (C=O) groups excluding carboxylic acids is 2. The lowest BCUT2D eigenvalue weighted by Crippen LogP contribution is -2.74. The SMILES string of the molecule is COc1ccc2c3c1O[C@H]1C(OC(=O)[C@H](C)OC(=O)[C@H](C)O)=CC[C@@]4(O)[C@@H](C2)N(C)CC[C@]314. The summed E-state index contributed by atoms with van der Waals surface area (Å²) < 4.78 is 22.7. The van der Waals surface area contributed by atoms with Crippen molar-refractivity contribution in [1.29, 1.82) is 0 Å². The van der Waals surface area contributed by atoms with Crippen molar-refractivity contribution in [2.75, 3.05) is 20.7 Å². The summed E-state index contributed by atoms with van der Waals surface area (Å²) in [4.78, 5) is 26.6. The molecule has 9 nitrogen and oxygen atoms in total. The Labute approximate surface area is 191 Å². The lowest BCUT2D eigenvalue weighted by atomic mass is 9.50. The van der Waals surface area contributed by atoms with Gasteiger partial charge in [0.15, 0.2) is 23.7 Å². The molecule has 33 heavy (non-hydrogen) atoms. The Kier molecular flexibility index (Phi) is 5.00. The zero-order chi connectivity index (χ0) is 23.7. The molecule has 1 aromatic rings. The first-order valence-corrected chi connectivity index (χ1v) is 11.2. The van der Waals surface area contributed by atoms with Gasteiger partial charge in [0.05, 0.1) is 18.1 Å². The van der Waals surface area contributed by atoms with E-state index in [9.17, 15) is 19.8 Å². The maximum Gasteiger partial charge on any atom is 0.352 e. The van der Waals surface area contributed by atoms with E-state index in [1.807, 2.05) is 19.2 Å². The summed E-state index contributed by atoms with van der Waals surface area (Å²) in [5, 5.41) is 21.5. The Morgan fingerprint density at radius 2 is 2.03 bits per heavy atom. The molecule has 0 radical (unpaired) electrons. The van der Waals surface area contributed by atoms with Gasteiger partial charge in [-0.05, 0) is 58.0 Å². The molecule has 1 spiro atoms. The van der Waals surface area contributed by atoms with Crippen LogP contribution < -0.4 is 9.47 Å². The van der Waals surface area contributed by atoms with Crippen molar-refractivity contribution in [3.05, 3.63) is 35.1 Å². The van der Waals surface area contributed by atoms with Crippen LogP contribution in [0.2, 0.25) is 0 Å². The number of hydrogen-bond acceptors (Lipinski definition) is 9. The zero-order valence-corrected chi connectivity index (χ0v) is 19.2. The van der Waals surface area contributed by atoms with Gasteiger partial charge in [-0.1, -0.05) is 6.07 Å². The fourth-order valence-electron chi connectivity index (χ4n) is 6.11. The quantitative estimate of drug-likeness (QED) is 0.618. The fourth-order valence-corrected chi connectivity index (χ4v) is 6.11. The third-order valence-electron chi connectivity index (χ3n) is 7.74. The van der Waals surface area contributed by atoms with Gasteiger partial charge in [0.1, 0.15) is 11.9 Å². The maximum absolute atomic E-state index is 12.7. The first kappa shape index (κ1) is 22.2. The number of likely N-dealkylation sites (N-methyl/N-ethyl adjacent to an activating group) is 1. The van der Waals surface area contributed by atoms with Crippen molar-refractivity contribution in [2.45, 2.75) is 68.5 Å². The monoisotopic (exact) mass is 459 g/mol. The van der Waals surface area contributed by atoms with Crippen molar-refractivity contribution >= 4 is 11.9 Å². The van der Waals surface area contributed by atoms with Crippen LogP contribution in [0.1, 0.15) is 37.8 Å². The minimum atomic E-state index is -1.35. The first-order chi connectivity index (χ1) is 15.6. The van der Waals surface area contributed by atoms with Gasteiger partial charge in [-0.2, -0.15) is 0 Å². The van der Waals surface area contributed by atoms with Crippen molar-refractivity contribution in [2.24, 2.45) is 0 Å². The van der Waals surface area contributed by atoms with E-state index < -0.39 is 41.3 Å². The van der Waals surface area contributed by atoms with Crippen molar-refractivity contribution in [3.63, 3.8) is 0 Å². The molecule has 5 rings (SSSR count). The summed E-state index contributed by atoms with van der Waals surface area (Å²) >= 11 is 0. The largest absolute Gasteiger partial charge is 0.493 e. The van der Waals surface area contributed by atoms with Gasteiger partial charge >= 0.3 is 11.9 Å². The molecule has 0 amide bonds. The van der Waals surface area contributed by atoms with Crippen LogP contribution in [0.3, 0.4) is 0 Å². The topological polar surface area (TPSA) is 115 Å². The lowest BCUT2D eigenvalue weighted by molar-refractivity contribution is -0.177. The number of aliphatic hydroxyl groups excluding tert-OH is 1. The first-order valence-electron chi connectivity index (χ1n) is 11.2. The fraction of sp³-hybridized carbons (Fsp3) is 0.583. The highest BCUT2D eigenvalue weighted by molar-refractivity contribution is 5.81. The van der Waals surface area contributed by atoms with Gasteiger partial charge in [0.2, 0.25) is 0 Å². The molecule has 1 fully saturated rings. The predicted octanol–water partition coefficient (Wildman–Crippen LogP) is 0.829. The smallest absolute Gasteiger partial charge is 0.352 e. The van der Waals surface area contributed by atoms with E-state index in [4.69, 9.17) is 18.9 Å². The van der Waals surface area contributed by atoms with E-state index >= 15 is 0 Å². The van der Waals surface area contributed by atoms with Crippen LogP contribution in [0.25, 0.3) is 0 Å². The molecular formula is C24H29NO8. The number of methoxy groups -OCH3 is 1. The second kappa shape index (κ2) is 7.44. The van der Waals surface area contributed by atoms with Gasteiger partial charge in [-0.15, -0.1) is 0 Å². The molecule has 1 aromatic carbocycles. The Bertz CT molecular complexity index is 1050. The van der Waals surface area contributed by atoms with Crippen LogP contribution in [0.4, 0.5) is 0 Å². The average Bonchev–Trinajstić information content (AvgIpc) is 3.13.